The van der Waals surface area contributed by atoms with E-state index in [1.165, 1.54) is 6.42 Å². The molecule has 1 fully saturated rings. The second-order valence-electron chi connectivity index (χ2n) is 4.14. The van der Waals surface area contributed by atoms with Crippen molar-refractivity contribution >= 4 is 18.4 Å². The Labute approximate surface area is 104 Å². The fourth-order valence-corrected chi connectivity index (χ4v) is 2.08. The van der Waals surface area contributed by atoms with E-state index in [1.807, 2.05) is 20.9 Å². The lowest BCUT2D eigenvalue weighted by atomic mass is 10.1. The fraction of sp³-hybridized carbons (Fsp3) is 0.909. The third-order valence-corrected chi connectivity index (χ3v) is 2.99. The van der Waals surface area contributed by atoms with Gasteiger partial charge in [-0.2, -0.15) is 0 Å². The van der Waals surface area contributed by atoms with E-state index in [0.29, 0.717) is 12.5 Å². The first-order chi connectivity index (χ1) is 7.19. The van der Waals surface area contributed by atoms with E-state index in [2.05, 4.69) is 10.2 Å². The quantitative estimate of drug-likeness (QED) is 0.737. The largest absolute Gasteiger partial charge is 0.465 e. The number of hydrogen-bond donors (Lipinski definition) is 1. The number of rotatable bonds is 5. The molecule has 2 atom stereocenters. The van der Waals surface area contributed by atoms with Crippen LogP contribution in [0.25, 0.3) is 0 Å². The lowest BCUT2D eigenvalue weighted by Crippen LogP contribution is -2.39. The van der Waals surface area contributed by atoms with Gasteiger partial charge in [0.25, 0.3) is 0 Å². The molecule has 1 aliphatic rings. The highest BCUT2D eigenvalue weighted by molar-refractivity contribution is 5.85. The van der Waals surface area contributed by atoms with Gasteiger partial charge in [0.15, 0.2) is 0 Å². The summed E-state index contributed by atoms with van der Waals surface area (Å²) in [5.74, 6) is 0.578. The maximum Gasteiger partial charge on any atom is 0.323 e. The SMILES string of the molecule is CCOC(=O)C(C)N1CCC(CNC)C1.Cl. The van der Waals surface area contributed by atoms with Crippen molar-refractivity contribution in [3.8, 4) is 0 Å². The van der Waals surface area contributed by atoms with Crippen LogP contribution < -0.4 is 5.32 Å². The average Bonchev–Trinajstić information content (AvgIpc) is 2.66. The molecule has 0 aliphatic carbocycles. The molecular weight excluding hydrogens is 228 g/mol. The second kappa shape index (κ2) is 7.87. The molecule has 1 saturated heterocycles. The second-order valence-corrected chi connectivity index (χ2v) is 4.14. The smallest absolute Gasteiger partial charge is 0.323 e. The Kier molecular flexibility index (Phi) is 7.72. The number of hydrogen-bond acceptors (Lipinski definition) is 4. The molecule has 1 aliphatic heterocycles. The minimum atomic E-state index is -0.0948. The van der Waals surface area contributed by atoms with Crippen LogP contribution in [-0.2, 0) is 9.53 Å². The first kappa shape index (κ1) is 15.7. The van der Waals surface area contributed by atoms with Crippen molar-refractivity contribution in [2.75, 3.05) is 33.3 Å². The number of ether oxygens (including phenoxy) is 1. The first-order valence-electron chi connectivity index (χ1n) is 5.74. The Bertz CT molecular complexity index is 214. The van der Waals surface area contributed by atoms with Crippen LogP contribution in [0.3, 0.4) is 0 Å². The van der Waals surface area contributed by atoms with Gasteiger partial charge in [-0.1, -0.05) is 0 Å². The van der Waals surface area contributed by atoms with E-state index in [0.717, 1.165) is 19.6 Å². The number of carbonyl (C=O) groups excluding carboxylic acids is 1. The normalized spacial score (nSPS) is 22.6. The van der Waals surface area contributed by atoms with Gasteiger partial charge >= 0.3 is 5.97 Å². The zero-order valence-electron chi connectivity index (χ0n) is 10.4. The molecule has 0 saturated carbocycles. The van der Waals surface area contributed by atoms with Crippen LogP contribution in [0.15, 0.2) is 0 Å². The van der Waals surface area contributed by atoms with Crippen molar-refractivity contribution in [1.29, 1.82) is 0 Å². The van der Waals surface area contributed by atoms with E-state index < -0.39 is 0 Å². The summed E-state index contributed by atoms with van der Waals surface area (Å²) in [6.07, 6.45) is 1.17. The summed E-state index contributed by atoms with van der Waals surface area (Å²) in [7, 11) is 1.97. The Morgan fingerprint density at radius 1 is 1.62 bits per heavy atom. The highest BCUT2D eigenvalue weighted by Gasteiger charge is 2.29. The summed E-state index contributed by atoms with van der Waals surface area (Å²) >= 11 is 0. The van der Waals surface area contributed by atoms with E-state index in [4.69, 9.17) is 4.74 Å². The van der Waals surface area contributed by atoms with Crippen LogP contribution >= 0.6 is 12.4 Å². The summed E-state index contributed by atoms with van der Waals surface area (Å²) in [5.41, 5.74) is 0. The number of nitrogens with one attached hydrogen (secondary N) is 1. The third-order valence-electron chi connectivity index (χ3n) is 2.99. The monoisotopic (exact) mass is 250 g/mol. The topological polar surface area (TPSA) is 41.6 Å². The predicted molar refractivity (Wildman–Crippen MR) is 66.9 cm³/mol. The van der Waals surface area contributed by atoms with E-state index in [9.17, 15) is 4.79 Å². The molecule has 0 aromatic rings. The molecule has 1 heterocycles. The van der Waals surface area contributed by atoms with Crippen molar-refractivity contribution < 1.29 is 9.53 Å². The molecule has 5 heteroatoms. The summed E-state index contributed by atoms with van der Waals surface area (Å²) in [5, 5.41) is 3.18. The Balaban J connectivity index is 0.00000225. The van der Waals surface area contributed by atoms with Gasteiger partial charge in [-0.3, -0.25) is 9.69 Å². The van der Waals surface area contributed by atoms with Gasteiger partial charge in [0.05, 0.1) is 6.61 Å². The van der Waals surface area contributed by atoms with Crippen LogP contribution in [0.1, 0.15) is 20.3 Å². The van der Waals surface area contributed by atoms with Crippen LogP contribution in [0.5, 0.6) is 0 Å². The molecule has 1 N–H and O–H groups in total. The van der Waals surface area contributed by atoms with Crippen molar-refractivity contribution in [3.63, 3.8) is 0 Å². The zero-order chi connectivity index (χ0) is 11.3. The maximum atomic E-state index is 11.5. The third kappa shape index (κ3) is 4.28. The van der Waals surface area contributed by atoms with Gasteiger partial charge in [-0.25, -0.2) is 0 Å². The first-order valence-corrected chi connectivity index (χ1v) is 5.74. The van der Waals surface area contributed by atoms with Gasteiger partial charge in [0, 0.05) is 6.54 Å². The standard InChI is InChI=1S/C11H22N2O2.ClH/c1-4-15-11(14)9(2)13-6-5-10(8-13)7-12-3;/h9-10,12H,4-8H2,1-3H3;1H. The van der Waals surface area contributed by atoms with Gasteiger partial charge in [-0.05, 0) is 46.3 Å². The average molecular weight is 251 g/mol. The Hall–Kier alpha value is -0.320. The summed E-state index contributed by atoms with van der Waals surface area (Å²) < 4.78 is 5.02. The molecule has 1 rings (SSSR count). The van der Waals surface area contributed by atoms with E-state index >= 15 is 0 Å². The molecule has 0 radical (unpaired) electrons. The van der Waals surface area contributed by atoms with Crippen LogP contribution in [-0.4, -0.2) is 50.2 Å². The minimum absolute atomic E-state index is 0. The Morgan fingerprint density at radius 3 is 2.88 bits per heavy atom. The molecule has 4 nitrogen and oxygen atoms in total. The summed E-state index contributed by atoms with van der Waals surface area (Å²) in [6, 6.07) is -0.0909. The molecule has 0 aromatic heterocycles. The number of carbonyl (C=O) groups is 1. The van der Waals surface area contributed by atoms with Gasteiger partial charge in [-0.15, -0.1) is 12.4 Å². The van der Waals surface area contributed by atoms with Crippen molar-refractivity contribution in [2.24, 2.45) is 5.92 Å². The molecule has 0 bridgehead atoms. The molecule has 2 unspecified atom stereocenters. The highest BCUT2D eigenvalue weighted by atomic mass is 35.5. The molecule has 16 heavy (non-hydrogen) atoms. The molecule has 96 valence electrons. The maximum absolute atomic E-state index is 11.5. The van der Waals surface area contributed by atoms with Crippen molar-refractivity contribution in [2.45, 2.75) is 26.3 Å². The van der Waals surface area contributed by atoms with Gasteiger partial charge in [0.1, 0.15) is 6.04 Å². The van der Waals surface area contributed by atoms with Crippen molar-refractivity contribution in [3.05, 3.63) is 0 Å². The number of halogens is 1. The van der Waals surface area contributed by atoms with E-state index in [-0.39, 0.29) is 24.4 Å². The molecule has 0 amide bonds. The lowest BCUT2D eigenvalue weighted by Gasteiger charge is -2.22. The van der Waals surface area contributed by atoms with Gasteiger partial charge < -0.3 is 10.1 Å². The fourth-order valence-electron chi connectivity index (χ4n) is 2.08. The van der Waals surface area contributed by atoms with Crippen molar-refractivity contribution in [1.82, 2.24) is 10.2 Å². The number of esters is 1. The summed E-state index contributed by atoms with van der Waals surface area (Å²) in [4.78, 5) is 13.7. The molecular formula is C11H23ClN2O2. The minimum Gasteiger partial charge on any atom is -0.465 e. The van der Waals surface area contributed by atoms with Crippen LogP contribution in [0, 0.1) is 5.92 Å². The zero-order valence-corrected chi connectivity index (χ0v) is 11.2. The number of likely N-dealkylation sites (tertiary alicyclic amines) is 1. The summed E-state index contributed by atoms with van der Waals surface area (Å²) in [6.45, 7) is 7.29. The molecule has 0 spiro atoms. The molecule has 0 aromatic carbocycles. The highest BCUT2D eigenvalue weighted by Crippen LogP contribution is 2.18. The van der Waals surface area contributed by atoms with Crippen LogP contribution in [0.4, 0.5) is 0 Å². The van der Waals surface area contributed by atoms with Crippen LogP contribution in [0.2, 0.25) is 0 Å². The predicted octanol–water partition coefficient (Wildman–Crippen LogP) is 0.901. The van der Waals surface area contributed by atoms with E-state index in [1.54, 1.807) is 0 Å². The number of nitrogens with zero attached hydrogens (tertiary/aromatic N) is 1. The lowest BCUT2D eigenvalue weighted by molar-refractivity contribution is -0.148. The van der Waals surface area contributed by atoms with Gasteiger partial charge in [0.2, 0.25) is 0 Å². The Morgan fingerprint density at radius 2 is 2.31 bits per heavy atom.